The molecule has 1 aromatic rings. The summed E-state index contributed by atoms with van der Waals surface area (Å²) in [5.41, 5.74) is -0.282. The largest absolute Gasteiger partial charge is 0.460 e. The van der Waals surface area contributed by atoms with Crippen molar-refractivity contribution in [2.24, 2.45) is 11.8 Å². The number of ether oxygens (including phenoxy) is 5. The number of benzene rings is 1. The molecule has 3 fully saturated rings. The molecule has 1 heterocycles. The molecule has 0 bridgehead atoms. The number of aliphatic hydroxyl groups is 2. The lowest BCUT2D eigenvalue weighted by Gasteiger charge is -2.31. The van der Waals surface area contributed by atoms with E-state index in [2.05, 4.69) is 15.4 Å². The van der Waals surface area contributed by atoms with Crippen LogP contribution in [-0.4, -0.2) is 107 Å². The Morgan fingerprint density at radius 1 is 1.04 bits per heavy atom. The zero-order chi connectivity index (χ0) is 41.0. The molecular formula is C39H49F3N2O12. The number of hydrogen-bond donors (Lipinski definition) is 4. The molecule has 1 aromatic carbocycles. The SMILES string of the molecule is C[C@H](O)[C@@H](NC(=O)C1=C[C@H]2OC(C3CC3)(C3CC3)O[C@H]2[C@H](OC(=O)c2cccc(C=CC(=O)OCC(F)(F)F)c2)C1)C(=O)N[C@H](CO)CCC(=O)OC(C)(C)C. The minimum absolute atomic E-state index is 0.0354. The molecule has 1 aliphatic heterocycles. The molecule has 1 saturated heterocycles. The molecule has 0 unspecified atom stereocenters. The van der Waals surface area contributed by atoms with E-state index in [1.165, 1.54) is 37.3 Å². The maximum atomic E-state index is 13.8. The zero-order valence-electron chi connectivity index (χ0n) is 31.6. The molecule has 308 valence electrons. The van der Waals surface area contributed by atoms with Gasteiger partial charge in [-0.05, 0) is 89.6 Å². The van der Waals surface area contributed by atoms with Crippen LogP contribution in [-0.2, 0) is 42.9 Å². The monoisotopic (exact) mass is 794 g/mol. The molecule has 0 radical (unpaired) electrons. The van der Waals surface area contributed by atoms with E-state index < -0.39 is 97.0 Å². The number of amides is 2. The molecule has 5 rings (SSSR count). The molecule has 2 saturated carbocycles. The summed E-state index contributed by atoms with van der Waals surface area (Å²) in [4.78, 5) is 64.6. The summed E-state index contributed by atoms with van der Waals surface area (Å²) in [5.74, 6) is -4.76. The van der Waals surface area contributed by atoms with E-state index in [4.69, 9.17) is 18.9 Å². The van der Waals surface area contributed by atoms with Crippen LogP contribution in [0.4, 0.5) is 13.2 Å². The Balaban J connectivity index is 1.29. The average molecular weight is 795 g/mol. The number of fused-ring (bicyclic) bond motifs is 1. The Bertz CT molecular complexity index is 1680. The first kappa shape index (κ1) is 42.8. The Labute approximate surface area is 322 Å². The van der Waals surface area contributed by atoms with E-state index in [0.29, 0.717) is 5.56 Å². The highest BCUT2D eigenvalue weighted by Gasteiger charge is 2.64. The van der Waals surface area contributed by atoms with Crippen LogP contribution in [0.2, 0.25) is 0 Å². The van der Waals surface area contributed by atoms with Gasteiger partial charge in [0.05, 0.1) is 24.3 Å². The van der Waals surface area contributed by atoms with Gasteiger partial charge >= 0.3 is 24.1 Å². The summed E-state index contributed by atoms with van der Waals surface area (Å²) in [5, 5.41) is 25.5. The Morgan fingerprint density at radius 3 is 2.30 bits per heavy atom. The van der Waals surface area contributed by atoms with Crippen molar-refractivity contribution in [3.8, 4) is 0 Å². The van der Waals surface area contributed by atoms with Crippen molar-refractivity contribution in [2.75, 3.05) is 13.2 Å². The van der Waals surface area contributed by atoms with Crippen LogP contribution in [0.1, 0.15) is 88.6 Å². The Kier molecular flexibility index (Phi) is 13.3. The van der Waals surface area contributed by atoms with Crippen molar-refractivity contribution in [1.82, 2.24) is 10.6 Å². The fraction of sp³-hybridized carbons (Fsp3) is 0.615. The van der Waals surface area contributed by atoms with Crippen molar-refractivity contribution in [3.05, 3.63) is 53.1 Å². The van der Waals surface area contributed by atoms with Crippen LogP contribution in [0, 0.1) is 11.8 Å². The normalized spacial score (nSPS) is 23.6. The molecular weight excluding hydrogens is 745 g/mol. The number of aliphatic hydroxyl groups excluding tert-OH is 2. The first-order valence-electron chi connectivity index (χ1n) is 18.7. The van der Waals surface area contributed by atoms with E-state index in [9.17, 15) is 47.4 Å². The molecule has 17 heteroatoms. The maximum absolute atomic E-state index is 13.8. The molecule has 6 atom stereocenters. The van der Waals surface area contributed by atoms with Crippen molar-refractivity contribution in [3.63, 3.8) is 0 Å². The second kappa shape index (κ2) is 17.4. The van der Waals surface area contributed by atoms with Crippen LogP contribution >= 0.6 is 0 Å². The third-order valence-electron chi connectivity index (χ3n) is 9.61. The van der Waals surface area contributed by atoms with Gasteiger partial charge in [0.2, 0.25) is 11.8 Å². The topological polar surface area (TPSA) is 196 Å². The molecule has 56 heavy (non-hydrogen) atoms. The molecule has 3 aliphatic carbocycles. The van der Waals surface area contributed by atoms with Gasteiger partial charge in [-0.2, -0.15) is 13.2 Å². The van der Waals surface area contributed by atoms with E-state index in [1.54, 1.807) is 26.8 Å². The highest BCUT2D eigenvalue weighted by atomic mass is 19.4. The lowest BCUT2D eigenvalue weighted by Crippen LogP contribution is -2.55. The molecule has 0 spiro atoms. The van der Waals surface area contributed by atoms with Gasteiger partial charge in [0.15, 0.2) is 12.4 Å². The van der Waals surface area contributed by atoms with E-state index in [1.807, 2.05) is 0 Å². The number of carbonyl (C=O) groups is 5. The van der Waals surface area contributed by atoms with E-state index >= 15 is 0 Å². The van der Waals surface area contributed by atoms with Gasteiger partial charge < -0.3 is 44.5 Å². The highest BCUT2D eigenvalue weighted by Crippen LogP contribution is 2.59. The van der Waals surface area contributed by atoms with Crippen molar-refractivity contribution < 1.29 is 71.0 Å². The number of carbonyl (C=O) groups excluding carboxylic acids is 5. The number of nitrogens with one attached hydrogen (secondary N) is 2. The average Bonchev–Trinajstić information content (AvgIpc) is 4.06. The predicted octanol–water partition coefficient (Wildman–Crippen LogP) is 3.43. The molecule has 4 aliphatic rings. The zero-order valence-corrected chi connectivity index (χ0v) is 31.6. The first-order chi connectivity index (χ1) is 26.3. The number of alkyl halides is 3. The quantitative estimate of drug-likeness (QED) is 0.108. The molecule has 0 aromatic heterocycles. The summed E-state index contributed by atoms with van der Waals surface area (Å²) < 4.78 is 65.8. The highest BCUT2D eigenvalue weighted by molar-refractivity contribution is 5.98. The van der Waals surface area contributed by atoms with E-state index in [0.717, 1.165) is 31.8 Å². The minimum Gasteiger partial charge on any atom is -0.460 e. The van der Waals surface area contributed by atoms with Crippen LogP contribution in [0.25, 0.3) is 6.08 Å². The number of esters is 3. The van der Waals surface area contributed by atoms with Crippen molar-refractivity contribution in [2.45, 2.75) is 127 Å². The van der Waals surface area contributed by atoms with Gasteiger partial charge in [-0.25, -0.2) is 9.59 Å². The van der Waals surface area contributed by atoms with Gasteiger partial charge in [-0.3, -0.25) is 14.4 Å². The summed E-state index contributed by atoms with van der Waals surface area (Å²) >= 11 is 0. The third kappa shape index (κ3) is 11.6. The minimum atomic E-state index is -4.69. The predicted molar refractivity (Wildman–Crippen MR) is 190 cm³/mol. The fourth-order valence-corrected chi connectivity index (χ4v) is 6.73. The summed E-state index contributed by atoms with van der Waals surface area (Å²) in [6, 6.07) is 3.44. The van der Waals surface area contributed by atoms with Gasteiger partial charge in [-0.1, -0.05) is 12.1 Å². The van der Waals surface area contributed by atoms with E-state index in [-0.39, 0.29) is 42.2 Å². The van der Waals surface area contributed by atoms with Crippen LogP contribution < -0.4 is 10.6 Å². The molecule has 14 nitrogen and oxygen atoms in total. The number of halogens is 3. The number of rotatable bonds is 16. The van der Waals surface area contributed by atoms with Gasteiger partial charge in [-0.15, -0.1) is 0 Å². The van der Waals surface area contributed by atoms with Crippen LogP contribution in [0.3, 0.4) is 0 Å². The maximum Gasteiger partial charge on any atom is 0.422 e. The van der Waals surface area contributed by atoms with Crippen LogP contribution in [0.15, 0.2) is 42.0 Å². The van der Waals surface area contributed by atoms with Crippen molar-refractivity contribution in [1.29, 1.82) is 0 Å². The van der Waals surface area contributed by atoms with Gasteiger partial charge in [0.1, 0.15) is 30.0 Å². The molecule has 2 amide bonds. The second-order valence-electron chi connectivity index (χ2n) is 15.7. The van der Waals surface area contributed by atoms with Crippen LogP contribution in [0.5, 0.6) is 0 Å². The third-order valence-corrected chi connectivity index (χ3v) is 9.61. The standard InChI is InChI=1S/C39H49F3N2O12/c1-21(46)32(35(50)43-27(19-45)13-15-31(48)55-37(2,3)4)44-34(49)24-17-28(33-29(18-24)54-39(56-33,25-9-10-25)26-11-12-26)53-36(51)23-7-5-6-22(16-23)8-14-30(47)52-20-38(40,41)42/h5-8,14,16,18,21,25-29,32-33,45-46H,9-13,15,17,19-20H2,1-4H3,(H,43,50)(H,44,49)/t21-,27-,28+,29+,32+,33-/m0/s1. The number of hydrogen-bond acceptors (Lipinski definition) is 12. The van der Waals surface area contributed by atoms with Crippen molar-refractivity contribution >= 4 is 35.8 Å². The molecule has 4 N–H and O–H groups in total. The first-order valence-corrected chi connectivity index (χ1v) is 18.7. The van der Waals surface area contributed by atoms with Gasteiger partial charge in [0, 0.05) is 36.3 Å². The fourth-order valence-electron chi connectivity index (χ4n) is 6.73. The summed E-state index contributed by atoms with van der Waals surface area (Å²) in [6.45, 7) is 4.16. The lowest BCUT2D eigenvalue weighted by molar-refractivity contribution is -0.209. The smallest absolute Gasteiger partial charge is 0.422 e. The lowest BCUT2D eigenvalue weighted by atomic mass is 9.91. The summed E-state index contributed by atoms with van der Waals surface area (Å²) in [7, 11) is 0. The Morgan fingerprint density at radius 2 is 1.71 bits per heavy atom. The van der Waals surface area contributed by atoms with Gasteiger partial charge in [0.25, 0.3) is 0 Å². The summed E-state index contributed by atoms with van der Waals surface area (Å²) in [6.07, 6.45) is -1.80. The Hall–Kier alpha value is -4.32. The second-order valence-corrected chi connectivity index (χ2v) is 15.7.